The van der Waals surface area contributed by atoms with Crippen LogP contribution in [0.1, 0.15) is 33.6 Å². The van der Waals surface area contributed by atoms with Crippen LogP contribution in [-0.2, 0) is 0 Å². The molecular formula is C24H31N3. The predicted molar refractivity (Wildman–Crippen MR) is 117 cm³/mol. The van der Waals surface area contributed by atoms with Crippen LogP contribution in [0.2, 0.25) is 0 Å². The van der Waals surface area contributed by atoms with E-state index in [0.29, 0.717) is 6.04 Å². The molecule has 0 aliphatic carbocycles. The number of hydrogen-bond donors (Lipinski definition) is 1. The normalized spacial score (nSPS) is 12.4. The van der Waals surface area contributed by atoms with Gasteiger partial charge in [0.25, 0.3) is 0 Å². The van der Waals surface area contributed by atoms with E-state index in [9.17, 15) is 0 Å². The van der Waals surface area contributed by atoms with Crippen LogP contribution in [-0.4, -0.2) is 35.6 Å². The summed E-state index contributed by atoms with van der Waals surface area (Å²) in [5.74, 6) is 0. The van der Waals surface area contributed by atoms with Gasteiger partial charge in [0.1, 0.15) is 0 Å². The van der Waals surface area contributed by atoms with Crippen molar-refractivity contribution in [3.8, 4) is 11.1 Å². The molecule has 0 fully saturated rings. The number of aromatic nitrogens is 1. The Bertz CT molecular complexity index is 841. The molecule has 3 heteroatoms. The van der Waals surface area contributed by atoms with E-state index in [1.165, 1.54) is 41.6 Å². The average molecular weight is 362 g/mol. The average Bonchev–Trinajstić information content (AvgIpc) is 2.72. The Hall–Kier alpha value is -2.39. The van der Waals surface area contributed by atoms with Gasteiger partial charge < -0.3 is 10.2 Å². The number of rotatable bonds is 9. The molecule has 1 aromatic heterocycles. The minimum Gasteiger partial charge on any atom is -0.382 e. The number of hydrogen-bond acceptors (Lipinski definition) is 3. The summed E-state index contributed by atoms with van der Waals surface area (Å²) in [7, 11) is 0. The topological polar surface area (TPSA) is 28.2 Å². The number of pyridine rings is 1. The third-order valence-electron chi connectivity index (χ3n) is 5.26. The molecule has 0 bridgehead atoms. The Morgan fingerprint density at radius 1 is 0.963 bits per heavy atom. The van der Waals surface area contributed by atoms with E-state index < -0.39 is 0 Å². The van der Waals surface area contributed by atoms with Gasteiger partial charge in [-0.3, -0.25) is 4.98 Å². The van der Waals surface area contributed by atoms with E-state index in [2.05, 4.69) is 90.6 Å². The summed E-state index contributed by atoms with van der Waals surface area (Å²) in [6, 6.07) is 19.6. The Balaban J connectivity index is 1.74. The van der Waals surface area contributed by atoms with Crippen molar-refractivity contribution in [1.29, 1.82) is 0 Å². The van der Waals surface area contributed by atoms with E-state index >= 15 is 0 Å². The van der Waals surface area contributed by atoms with Gasteiger partial charge in [-0.2, -0.15) is 0 Å². The molecule has 0 saturated carbocycles. The van der Waals surface area contributed by atoms with Crippen molar-refractivity contribution >= 4 is 16.6 Å². The zero-order valence-corrected chi connectivity index (χ0v) is 16.8. The van der Waals surface area contributed by atoms with E-state index in [-0.39, 0.29) is 0 Å². The molecule has 3 nitrogen and oxygen atoms in total. The summed E-state index contributed by atoms with van der Waals surface area (Å²) in [6.07, 6.45) is 4.28. The molecule has 3 aromatic rings. The molecule has 142 valence electrons. The van der Waals surface area contributed by atoms with Crippen LogP contribution in [0.3, 0.4) is 0 Å². The summed E-state index contributed by atoms with van der Waals surface area (Å²) in [6.45, 7) is 10.2. The summed E-state index contributed by atoms with van der Waals surface area (Å²) in [5, 5.41) is 4.90. The monoisotopic (exact) mass is 361 g/mol. The van der Waals surface area contributed by atoms with Crippen molar-refractivity contribution in [3.05, 3.63) is 60.8 Å². The maximum Gasteiger partial charge on any atom is 0.0723 e. The van der Waals surface area contributed by atoms with Crippen LogP contribution < -0.4 is 5.32 Å². The first kappa shape index (κ1) is 19.4. The quantitative estimate of drug-likeness (QED) is 0.520. The molecular weight excluding hydrogens is 330 g/mol. The number of nitrogens with one attached hydrogen (secondary N) is 1. The summed E-state index contributed by atoms with van der Waals surface area (Å²) in [4.78, 5) is 7.03. The standard InChI is InChI=1S/C24H31N3/c1-4-27(5-2)17-9-10-19(3)26-24-15-16-25-23-14-13-21(18-22(23)24)20-11-7-6-8-12-20/h6-8,11-16,18-19H,4-5,9-10,17H2,1-3H3,(H,25,26)/t19-/m1/s1. The minimum absolute atomic E-state index is 0.437. The fourth-order valence-corrected chi connectivity index (χ4v) is 3.58. The van der Waals surface area contributed by atoms with E-state index in [1.807, 2.05) is 6.20 Å². The first-order valence-corrected chi connectivity index (χ1v) is 10.1. The molecule has 1 N–H and O–H groups in total. The zero-order valence-electron chi connectivity index (χ0n) is 16.8. The second-order valence-corrected chi connectivity index (χ2v) is 7.17. The second-order valence-electron chi connectivity index (χ2n) is 7.17. The number of nitrogens with zero attached hydrogens (tertiary/aromatic N) is 2. The fraction of sp³-hybridized carbons (Fsp3) is 0.375. The largest absolute Gasteiger partial charge is 0.382 e. The lowest BCUT2D eigenvalue weighted by molar-refractivity contribution is 0.295. The van der Waals surface area contributed by atoms with Crippen LogP contribution >= 0.6 is 0 Å². The number of anilines is 1. The van der Waals surface area contributed by atoms with Crippen LogP contribution in [0.25, 0.3) is 22.0 Å². The molecule has 0 unspecified atom stereocenters. The third-order valence-corrected chi connectivity index (χ3v) is 5.26. The van der Waals surface area contributed by atoms with Gasteiger partial charge in [-0.15, -0.1) is 0 Å². The first-order valence-electron chi connectivity index (χ1n) is 10.1. The van der Waals surface area contributed by atoms with Gasteiger partial charge >= 0.3 is 0 Å². The van der Waals surface area contributed by atoms with Gasteiger partial charge in [-0.1, -0.05) is 50.2 Å². The Kier molecular flexibility index (Phi) is 6.83. The Morgan fingerprint density at radius 3 is 2.48 bits per heavy atom. The maximum atomic E-state index is 4.54. The molecule has 0 saturated heterocycles. The van der Waals surface area contributed by atoms with Crippen LogP contribution in [0, 0.1) is 0 Å². The van der Waals surface area contributed by atoms with E-state index in [4.69, 9.17) is 0 Å². The lowest BCUT2D eigenvalue weighted by Gasteiger charge is -2.21. The van der Waals surface area contributed by atoms with Crippen LogP contribution in [0.5, 0.6) is 0 Å². The highest BCUT2D eigenvalue weighted by atomic mass is 15.1. The van der Waals surface area contributed by atoms with Gasteiger partial charge in [0.05, 0.1) is 5.52 Å². The lowest BCUT2D eigenvalue weighted by atomic mass is 10.0. The van der Waals surface area contributed by atoms with Crippen molar-refractivity contribution in [1.82, 2.24) is 9.88 Å². The number of benzene rings is 2. The summed E-state index contributed by atoms with van der Waals surface area (Å²) >= 11 is 0. The van der Waals surface area contributed by atoms with Gasteiger partial charge in [-0.05, 0) is 68.7 Å². The highest BCUT2D eigenvalue weighted by molar-refractivity contribution is 5.94. The van der Waals surface area contributed by atoms with Crippen molar-refractivity contribution in [2.24, 2.45) is 0 Å². The maximum absolute atomic E-state index is 4.54. The molecule has 2 aromatic carbocycles. The first-order chi connectivity index (χ1) is 13.2. The van der Waals surface area contributed by atoms with Crippen LogP contribution in [0.15, 0.2) is 60.8 Å². The number of fused-ring (bicyclic) bond motifs is 1. The highest BCUT2D eigenvalue weighted by Crippen LogP contribution is 2.28. The zero-order chi connectivity index (χ0) is 19.1. The fourth-order valence-electron chi connectivity index (χ4n) is 3.58. The summed E-state index contributed by atoms with van der Waals surface area (Å²) < 4.78 is 0. The summed E-state index contributed by atoms with van der Waals surface area (Å²) in [5.41, 5.74) is 4.68. The van der Waals surface area contributed by atoms with Gasteiger partial charge in [0, 0.05) is 23.3 Å². The van der Waals surface area contributed by atoms with Gasteiger partial charge in [-0.25, -0.2) is 0 Å². The molecule has 0 radical (unpaired) electrons. The Labute approximate surface area is 163 Å². The minimum atomic E-state index is 0.437. The molecule has 0 aliphatic rings. The van der Waals surface area contributed by atoms with Crippen LogP contribution in [0.4, 0.5) is 5.69 Å². The molecule has 27 heavy (non-hydrogen) atoms. The third kappa shape index (κ3) is 5.08. The van der Waals surface area contributed by atoms with Crippen molar-refractivity contribution in [3.63, 3.8) is 0 Å². The molecule has 0 aliphatic heterocycles. The molecule has 3 rings (SSSR count). The highest BCUT2D eigenvalue weighted by Gasteiger charge is 2.08. The van der Waals surface area contributed by atoms with Crippen molar-refractivity contribution < 1.29 is 0 Å². The predicted octanol–water partition coefficient (Wildman–Crippen LogP) is 5.82. The Morgan fingerprint density at radius 2 is 1.74 bits per heavy atom. The van der Waals surface area contributed by atoms with E-state index in [1.54, 1.807) is 0 Å². The molecule has 1 atom stereocenters. The van der Waals surface area contributed by atoms with Crippen molar-refractivity contribution in [2.75, 3.05) is 25.0 Å². The molecule has 0 amide bonds. The molecule has 1 heterocycles. The lowest BCUT2D eigenvalue weighted by Crippen LogP contribution is -2.25. The second kappa shape index (κ2) is 9.52. The molecule has 0 spiro atoms. The smallest absolute Gasteiger partial charge is 0.0723 e. The van der Waals surface area contributed by atoms with E-state index in [0.717, 1.165) is 18.6 Å². The van der Waals surface area contributed by atoms with Gasteiger partial charge in [0.2, 0.25) is 0 Å². The van der Waals surface area contributed by atoms with Crippen molar-refractivity contribution in [2.45, 2.75) is 39.7 Å². The SMILES string of the molecule is CCN(CC)CCC[C@@H](C)Nc1ccnc2ccc(-c3ccccc3)cc12. The van der Waals surface area contributed by atoms with Gasteiger partial charge in [0.15, 0.2) is 0 Å².